The predicted octanol–water partition coefficient (Wildman–Crippen LogP) is 1.41. The minimum atomic E-state index is -0.987. The topological polar surface area (TPSA) is 75.1 Å². The Labute approximate surface area is 105 Å². The van der Waals surface area contributed by atoms with E-state index in [2.05, 4.69) is 28.5 Å². The van der Waals surface area contributed by atoms with Crippen molar-refractivity contribution in [3.8, 4) is 0 Å². The molecule has 0 saturated heterocycles. The second-order valence-electron chi connectivity index (χ2n) is 3.75. The third-order valence-corrected chi connectivity index (χ3v) is 3.04. The van der Waals surface area contributed by atoms with Gasteiger partial charge in [-0.3, -0.25) is 0 Å². The molecule has 0 aromatic carbocycles. The van der Waals surface area contributed by atoms with E-state index < -0.39 is 5.97 Å². The Balaban J connectivity index is 2.54. The van der Waals surface area contributed by atoms with Crippen LogP contribution < -0.4 is 5.32 Å². The summed E-state index contributed by atoms with van der Waals surface area (Å²) in [5.41, 5.74) is 0.695. The fourth-order valence-electron chi connectivity index (χ4n) is 1.34. The van der Waals surface area contributed by atoms with Crippen LogP contribution in [0.5, 0.6) is 0 Å². The van der Waals surface area contributed by atoms with Gasteiger partial charge >= 0.3 is 5.97 Å². The van der Waals surface area contributed by atoms with Crippen molar-refractivity contribution in [3.63, 3.8) is 0 Å². The Morgan fingerprint density at radius 3 is 3.06 bits per heavy atom. The zero-order valence-electron chi connectivity index (χ0n) is 10.0. The van der Waals surface area contributed by atoms with Gasteiger partial charge in [0.1, 0.15) is 11.9 Å². The van der Waals surface area contributed by atoms with Gasteiger partial charge in [-0.05, 0) is 25.4 Å². The van der Waals surface area contributed by atoms with Gasteiger partial charge in [0.25, 0.3) is 0 Å². The van der Waals surface area contributed by atoms with Crippen LogP contribution in [0.2, 0.25) is 0 Å². The lowest BCUT2D eigenvalue weighted by molar-refractivity contribution is 0.0694. The van der Waals surface area contributed by atoms with Gasteiger partial charge in [-0.1, -0.05) is 0 Å². The Bertz CT molecular complexity index is 373. The minimum Gasteiger partial charge on any atom is -0.478 e. The molecule has 0 fully saturated rings. The highest BCUT2D eigenvalue weighted by Crippen LogP contribution is 2.05. The highest BCUT2D eigenvalue weighted by Gasteiger charge is 2.11. The molecule has 17 heavy (non-hydrogen) atoms. The van der Waals surface area contributed by atoms with Gasteiger partial charge in [0, 0.05) is 18.8 Å². The van der Waals surface area contributed by atoms with E-state index in [1.54, 1.807) is 11.8 Å². The molecule has 1 aromatic heterocycles. The first-order valence-electron chi connectivity index (χ1n) is 5.39. The fourth-order valence-corrected chi connectivity index (χ4v) is 1.93. The van der Waals surface area contributed by atoms with Gasteiger partial charge in [-0.25, -0.2) is 14.8 Å². The summed E-state index contributed by atoms with van der Waals surface area (Å²) in [4.78, 5) is 18.6. The summed E-state index contributed by atoms with van der Waals surface area (Å²) < 4.78 is 0. The Kier molecular flexibility index (Phi) is 5.93. The molecule has 2 N–H and O–H groups in total. The first kappa shape index (κ1) is 13.9. The predicted molar refractivity (Wildman–Crippen MR) is 68.3 cm³/mol. The van der Waals surface area contributed by atoms with E-state index in [0.717, 1.165) is 12.2 Å². The number of hydrogen-bond acceptors (Lipinski definition) is 5. The van der Waals surface area contributed by atoms with Crippen molar-refractivity contribution in [3.05, 3.63) is 23.8 Å². The van der Waals surface area contributed by atoms with Gasteiger partial charge in [-0.15, -0.1) is 0 Å². The van der Waals surface area contributed by atoms with E-state index in [4.69, 9.17) is 5.11 Å². The molecule has 1 atom stereocenters. The SMILES string of the molecule is CSCCC(C)NCc1ncncc1C(=O)O. The van der Waals surface area contributed by atoms with Crippen LogP contribution in [0.25, 0.3) is 0 Å². The third-order valence-electron chi connectivity index (χ3n) is 2.40. The summed E-state index contributed by atoms with van der Waals surface area (Å²) in [5.74, 6) is 0.100. The summed E-state index contributed by atoms with van der Waals surface area (Å²) in [5, 5.41) is 12.2. The molecule has 0 amide bonds. The number of carboxylic acids is 1. The van der Waals surface area contributed by atoms with E-state index in [1.165, 1.54) is 12.5 Å². The van der Waals surface area contributed by atoms with Crippen molar-refractivity contribution >= 4 is 17.7 Å². The number of aromatic nitrogens is 2. The lowest BCUT2D eigenvalue weighted by atomic mass is 10.2. The summed E-state index contributed by atoms with van der Waals surface area (Å²) in [6, 6.07) is 0.346. The molecule has 1 aromatic rings. The highest BCUT2D eigenvalue weighted by molar-refractivity contribution is 7.98. The van der Waals surface area contributed by atoms with E-state index >= 15 is 0 Å². The molecule has 1 heterocycles. The maximum atomic E-state index is 10.9. The number of nitrogens with zero attached hydrogens (tertiary/aromatic N) is 2. The molecule has 1 rings (SSSR count). The molecule has 5 nitrogen and oxygen atoms in total. The number of thioether (sulfide) groups is 1. The normalized spacial score (nSPS) is 12.4. The first-order valence-corrected chi connectivity index (χ1v) is 6.79. The number of carbonyl (C=O) groups is 1. The molecule has 6 heteroatoms. The van der Waals surface area contributed by atoms with Crippen molar-refractivity contribution in [1.82, 2.24) is 15.3 Å². The van der Waals surface area contributed by atoms with Crippen LogP contribution in [0, 0.1) is 0 Å². The lowest BCUT2D eigenvalue weighted by Crippen LogP contribution is -2.27. The van der Waals surface area contributed by atoms with Crippen LogP contribution in [-0.2, 0) is 6.54 Å². The second-order valence-corrected chi connectivity index (χ2v) is 4.74. The third kappa shape index (κ3) is 4.70. The van der Waals surface area contributed by atoms with Crippen LogP contribution in [0.15, 0.2) is 12.5 Å². The molecule has 0 aliphatic rings. The average molecular weight is 255 g/mol. The average Bonchev–Trinajstić information content (AvgIpc) is 2.34. The quantitative estimate of drug-likeness (QED) is 0.767. The smallest absolute Gasteiger partial charge is 0.339 e. The Morgan fingerprint density at radius 1 is 1.65 bits per heavy atom. The van der Waals surface area contributed by atoms with Crippen LogP contribution in [0.4, 0.5) is 0 Å². The van der Waals surface area contributed by atoms with E-state index in [0.29, 0.717) is 18.3 Å². The first-order chi connectivity index (χ1) is 8.15. The molecule has 0 saturated carbocycles. The monoisotopic (exact) mass is 255 g/mol. The van der Waals surface area contributed by atoms with Crippen molar-refractivity contribution in [2.75, 3.05) is 12.0 Å². The summed E-state index contributed by atoms with van der Waals surface area (Å²) in [6.45, 7) is 2.54. The molecule has 0 aliphatic carbocycles. The van der Waals surface area contributed by atoms with Crippen molar-refractivity contribution in [2.45, 2.75) is 25.9 Å². The standard InChI is InChI=1S/C11H17N3O2S/c1-8(3-4-17-2)13-6-10-9(11(15)16)5-12-7-14-10/h5,7-8,13H,3-4,6H2,1-2H3,(H,15,16). The van der Waals surface area contributed by atoms with Crippen molar-refractivity contribution in [1.29, 1.82) is 0 Å². The summed E-state index contributed by atoms with van der Waals surface area (Å²) in [7, 11) is 0. The largest absolute Gasteiger partial charge is 0.478 e. The minimum absolute atomic E-state index is 0.164. The Morgan fingerprint density at radius 2 is 2.41 bits per heavy atom. The van der Waals surface area contributed by atoms with E-state index in [1.807, 2.05) is 0 Å². The van der Waals surface area contributed by atoms with E-state index in [9.17, 15) is 4.79 Å². The van der Waals surface area contributed by atoms with Crippen molar-refractivity contribution < 1.29 is 9.90 Å². The van der Waals surface area contributed by atoms with Gasteiger partial charge < -0.3 is 10.4 Å². The molecule has 1 unspecified atom stereocenters. The van der Waals surface area contributed by atoms with Gasteiger partial charge in [0.15, 0.2) is 0 Å². The second kappa shape index (κ2) is 7.24. The number of nitrogens with one attached hydrogen (secondary N) is 1. The van der Waals surface area contributed by atoms with Gasteiger partial charge in [0.05, 0.1) is 5.69 Å². The lowest BCUT2D eigenvalue weighted by Gasteiger charge is -2.13. The van der Waals surface area contributed by atoms with Gasteiger partial charge in [-0.2, -0.15) is 11.8 Å². The van der Waals surface area contributed by atoms with E-state index in [-0.39, 0.29) is 5.56 Å². The molecule has 0 radical (unpaired) electrons. The van der Waals surface area contributed by atoms with Crippen LogP contribution in [-0.4, -0.2) is 39.1 Å². The number of hydrogen-bond donors (Lipinski definition) is 2. The number of carboxylic acid groups (broad SMARTS) is 1. The zero-order chi connectivity index (χ0) is 12.7. The summed E-state index contributed by atoms with van der Waals surface area (Å²) >= 11 is 1.80. The van der Waals surface area contributed by atoms with Crippen LogP contribution in [0.1, 0.15) is 29.4 Å². The highest BCUT2D eigenvalue weighted by atomic mass is 32.2. The van der Waals surface area contributed by atoms with Crippen LogP contribution >= 0.6 is 11.8 Å². The number of aromatic carboxylic acids is 1. The fraction of sp³-hybridized carbons (Fsp3) is 0.545. The molecule has 0 spiro atoms. The number of rotatable bonds is 7. The van der Waals surface area contributed by atoms with Crippen molar-refractivity contribution in [2.24, 2.45) is 0 Å². The van der Waals surface area contributed by atoms with Crippen LogP contribution in [0.3, 0.4) is 0 Å². The molecule has 0 aliphatic heterocycles. The molecular formula is C11H17N3O2S. The Hall–Kier alpha value is -1.14. The maximum absolute atomic E-state index is 10.9. The molecule has 0 bridgehead atoms. The molecule has 94 valence electrons. The van der Waals surface area contributed by atoms with Gasteiger partial charge in [0.2, 0.25) is 0 Å². The summed E-state index contributed by atoms with van der Waals surface area (Å²) in [6.07, 6.45) is 5.82. The molecular weight excluding hydrogens is 238 g/mol. The maximum Gasteiger partial charge on any atom is 0.339 e. The zero-order valence-corrected chi connectivity index (χ0v) is 10.8.